The Hall–Kier alpha value is -3.11. The molecular formula is C27H25BrN2O. The van der Waals surface area contributed by atoms with E-state index >= 15 is 0 Å². The molecule has 4 aromatic rings. The fraction of sp³-hybridized carbons (Fsp3) is 0.148. The van der Waals surface area contributed by atoms with Crippen LogP contribution in [-0.2, 0) is 19.6 Å². The number of hydrogen-bond acceptors (Lipinski definition) is 1. The van der Waals surface area contributed by atoms with Crippen LogP contribution in [0.25, 0.3) is 0 Å². The monoisotopic (exact) mass is 472 g/mol. The van der Waals surface area contributed by atoms with Gasteiger partial charge in [-0.25, -0.2) is 0 Å². The Morgan fingerprint density at radius 2 is 1.52 bits per heavy atom. The van der Waals surface area contributed by atoms with E-state index in [1.807, 2.05) is 60.4 Å². The lowest BCUT2D eigenvalue weighted by atomic mass is 10.1. The fourth-order valence-electron chi connectivity index (χ4n) is 3.61. The van der Waals surface area contributed by atoms with Gasteiger partial charge in [-0.3, -0.25) is 4.79 Å². The van der Waals surface area contributed by atoms with Crippen LogP contribution in [0.1, 0.15) is 32.7 Å². The summed E-state index contributed by atoms with van der Waals surface area (Å²) >= 11 is 3.49. The molecule has 0 fully saturated rings. The molecule has 0 aliphatic carbocycles. The predicted octanol–water partition coefficient (Wildman–Crippen LogP) is 6.45. The van der Waals surface area contributed by atoms with E-state index < -0.39 is 0 Å². The van der Waals surface area contributed by atoms with Crippen molar-refractivity contribution in [3.63, 3.8) is 0 Å². The minimum Gasteiger partial charge on any atom is -0.345 e. The second-order valence-corrected chi connectivity index (χ2v) is 8.68. The first kappa shape index (κ1) is 21.1. The van der Waals surface area contributed by atoms with Gasteiger partial charge in [0, 0.05) is 35.0 Å². The molecule has 3 aromatic carbocycles. The van der Waals surface area contributed by atoms with Crippen molar-refractivity contribution in [3.05, 3.63) is 130 Å². The van der Waals surface area contributed by atoms with Gasteiger partial charge in [-0.2, -0.15) is 0 Å². The third-order valence-electron chi connectivity index (χ3n) is 5.34. The standard InChI is InChI=1S/C27H25BrN2O/c1-21-9-13-24(14-10-21)27(31)30(19-22-6-3-2-4-7-22)20-26-8-5-17-29(26)18-23-11-15-25(28)16-12-23/h2-17H,18-20H2,1H3. The van der Waals surface area contributed by atoms with Gasteiger partial charge < -0.3 is 9.47 Å². The minimum atomic E-state index is 0.0419. The zero-order valence-electron chi connectivity index (χ0n) is 17.5. The normalized spacial score (nSPS) is 10.8. The van der Waals surface area contributed by atoms with Crippen LogP contribution in [0.15, 0.2) is 102 Å². The highest BCUT2D eigenvalue weighted by Crippen LogP contribution is 2.18. The van der Waals surface area contributed by atoms with Crippen LogP contribution in [0.2, 0.25) is 0 Å². The lowest BCUT2D eigenvalue weighted by molar-refractivity contribution is 0.0726. The van der Waals surface area contributed by atoms with Gasteiger partial charge in [-0.05, 0) is 54.4 Å². The minimum absolute atomic E-state index is 0.0419. The average molecular weight is 473 g/mol. The van der Waals surface area contributed by atoms with Crippen molar-refractivity contribution in [3.8, 4) is 0 Å². The second-order valence-electron chi connectivity index (χ2n) is 7.77. The maximum Gasteiger partial charge on any atom is 0.254 e. The highest BCUT2D eigenvalue weighted by molar-refractivity contribution is 9.10. The highest BCUT2D eigenvalue weighted by Gasteiger charge is 2.18. The van der Waals surface area contributed by atoms with E-state index in [0.29, 0.717) is 18.7 Å². The Labute approximate surface area is 192 Å². The van der Waals surface area contributed by atoms with E-state index in [1.165, 1.54) is 5.56 Å². The second kappa shape index (κ2) is 9.80. The SMILES string of the molecule is Cc1ccc(C(=O)N(Cc2ccccc2)Cc2cccn2Cc2ccc(Br)cc2)cc1. The first-order valence-corrected chi connectivity index (χ1v) is 11.2. The van der Waals surface area contributed by atoms with E-state index in [0.717, 1.165) is 27.8 Å². The van der Waals surface area contributed by atoms with Crippen molar-refractivity contribution in [2.45, 2.75) is 26.6 Å². The van der Waals surface area contributed by atoms with Crippen LogP contribution in [0.3, 0.4) is 0 Å². The van der Waals surface area contributed by atoms with Crippen LogP contribution >= 0.6 is 15.9 Å². The number of aryl methyl sites for hydroxylation is 1. The van der Waals surface area contributed by atoms with Crippen molar-refractivity contribution < 1.29 is 4.79 Å². The third-order valence-corrected chi connectivity index (χ3v) is 5.87. The predicted molar refractivity (Wildman–Crippen MR) is 129 cm³/mol. The number of nitrogens with zero attached hydrogens (tertiary/aromatic N) is 2. The zero-order chi connectivity index (χ0) is 21.6. The molecule has 0 N–H and O–H groups in total. The van der Waals surface area contributed by atoms with Gasteiger partial charge in [-0.1, -0.05) is 76.1 Å². The summed E-state index contributed by atoms with van der Waals surface area (Å²) in [5, 5.41) is 0. The molecular weight excluding hydrogens is 448 g/mol. The number of rotatable bonds is 7. The summed E-state index contributed by atoms with van der Waals surface area (Å²) in [6.45, 7) is 3.92. The number of carbonyl (C=O) groups is 1. The summed E-state index contributed by atoms with van der Waals surface area (Å²) in [7, 11) is 0. The van der Waals surface area contributed by atoms with Crippen LogP contribution in [0, 0.1) is 6.92 Å². The van der Waals surface area contributed by atoms with Gasteiger partial charge in [0.15, 0.2) is 0 Å². The van der Waals surface area contributed by atoms with Crippen LogP contribution in [-0.4, -0.2) is 15.4 Å². The number of halogens is 1. The molecule has 0 radical (unpaired) electrons. The maximum atomic E-state index is 13.4. The largest absolute Gasteiger partial charge is 0.345 e. The molecule has 0 saturated heterocycles. The molecule has 4 heteroatoms. The molecule has 0 atom stereocenters. The molecule has 1 aromatic heterocycles. The van der Waals surface area contributed by atoms with Crippen molar-refractivity contribution in [1.82, 2.24) is 9.47 Å². The Morgan fingerprint density at radius 3 is 2.23 bits per heavy atom. The first-order chi connectivity index (χ1) is 15.1. The summed E-state index contributed by atoms with van der Waals surface area (Å²) < 4.78 is 3.28. The number of aromatic nitrogens is 1. The lowest BCUT2D eigenvalue weighted by Crippen LogP contribution is -2.31. The Kier molecular flexibility index (Phi) is 6.68. The molecule has 156 valence electrons. The van der Waals surface area contributed by atoms with E-state index in [9.17, 15) is 4.79 Å². The van der Waals surface area contributed by atoms with Crippen LogP contribution < -0.4 is 0 Å². The summed E-state index contributed by atoms with van der Waals surface area (Å²) in [4.78, 5) is 15.3. The van der Waals surface area contributed by atoms with E-state index in [-0.39, 0.29) is 5.91 Å². The summed E-state index contributed by atoms with van der Waals surface area (Å²) in [6.07, 6.45) is 2.08. The van der Waals surface area contributed by atoms with E-state index in [4.69, 9.17) is 0 Å². The fourth-order valence-corrected chi connectivity index (χ4v) is 3.88. The van der Waals surface area contributed by atoms with Gasteiger partial charge in [0.05, 0.1) is 6.54 Å². The molecule has 0 saturated carbocycles. The van der Waals surface area contributed by atoms with Crippen molar-refractivity contribution in [1.29, 1.82) is 0 Å². The zero-order valence-corrected chi connectivity index (χ0v) is 19.1. The first-order valence-electron chi connectivity index (χ1n) is 10.4. The smallest absolute Gasteiger partial charge is 0.254 e. The number of amides is 1. The molecule has 31 heavy (non-hydrogen) atoms. The summed E-state index contributed by atoms with van der Waals surface area (Å²) in [6, 6.07) is 30.5. The van der Waals surface area contributed by atoms with E-state index in [2.05, 4.69) is 69.2 Å². The molecule has 0 unspecified atom stereocenters. The van der Waals surface area contributed by atoms with Crippen molar-refractivity contribution in [2.75, 3.05) is 0 Å². The van der Waals surface area contributed by atoms with Gasteiger partial charge in [0.25, 0.3) is 5.91 Å². The number of benzene rings is 3. The Bertz CT molecular complexity index is 1130. The van der Waals surface area contributed by atoms with E-state index in [1.54, 1.807) is 0 Å². The topological polar surface area (TPSA) is 25.2 Å². The van der Waals surface area contributed by atoms with Crippen molar-refractivity contribution >= 4 is 21.8 Å². The quantitative estimate of drug-likeness (QED) is 0.303. The van der Waals surface area contributed by atoms with Gasteiger partial charge >= 0.3 is 0 Å². The van der Waals surface area contributed by atoms with Gasteiger partial charge in [0.1, 0.15) is 0 Å². The molecule has 3 nitrogen and oxygen atoms in total. The molecule has 0 bridgehead atoms. The average Bonchev–Trinajstić information content (AvgIpc) is 3.22. The van der Waals surface area contributed by atoms with Gasteiger partial charge in [-0.15, -0.1) is 0 Å². The third kappa shape index (κ3) is 5.53. The Morgan fingerprint density at radius 1 is 0.806 bits per heavy atom. The number of carbonyl (C=O) groups excluding carboxylic acids is 1. The molecule has 4 rings (SSSR count). The molecule has 0 spiro atoms. The maximum absolute atomic E-state index is 13.4. The molecule has 0 aliphatic heterocycles. The number of hydrogen-bond donors (Lipinski definition) is 0. The van der Waals surface area contributed by atoms with Gasteiger partial charge in [0.2, 0.25) is 0 Å². The summed E-state index contributed by atoms with van der Waals surface area (Å²) in [5.74, 6) is 0.0419. The molecule has 1 heterocycles. The summed E-state index contributed by atoms with van der Waals surface area (Å²) in [5.41, 5.74) is 5.32. The van der Waals surface area contributed by atoms with Crippen LogP contribution in [0.4, 0.5) is 0 Å². The highest BCUT2D eigenvalue weighted by atomic mass is 79.9. The lowest BCUT2D eigenvalue weighted by Gasteiger charge is -2.24. The van der Waals surface area contributed by atoms with Crippen LogP contribution in [0.5, 0.6) is 0 Å². The Balaban J connectivity index is 1.59. The van der Waals surface area contributed by atoms with Crippen molar-refractivity contribution in [2.24, 2.45) is 0 Å². The molecule has 1 amide bonds. The molecule has 0 aliphatic rings.